The van der Waals surface area contributed by atoms with Gasteiger partial charge in [0.1, 0.15) is 16.5 Å². The highest BCUT2D eigenvalue weighted by atomic mass is 35.5. The fourth-order valence-electron chi connectivity index (χ4n) is 1.56. The second-order valence-electron chi connectivity index (χ2n) is 3.88. The Kier molecular flexibility index (Phi) is 4.44. The first kappa shape index (κ1) is 14.6. The monoisotopic (exact) mass is 313 g/mol. The quantitative estimate of drug-likeness (QED) is 0.678. The molecular formula is C13H9Cl2NO4. The number of nitro benzene ring substituents is 1. The molecule has 0 aliphatic heterocycles. The van der Waals surface area contributed by atoms with Crippen molar-refractivity contribution in [3.8, 4) is 11.5 Å². The Morgan fingerprint density at radius 2 is 1.70 bits per heavy atom. The van der Waals surface area contributed by atoms with Gasteiger partial charge in [0.15, 0.2) is 0 Å². The molecule has 0 bridgehead atoms. The van der Waals surface area contributed by atoms with E-state index >= 15 is 0 Å². The normalized spacial score (nSPS) is 10.3. The topological polar surface area (TPSA) is 72.6 Å². The average molecular weight is 314 g/mol. The molecule has 7 heteroatoms. The summed E-state index contributed by atoms with van der Waals surface area (Å²) in [6, 6.07) is 8.87. The Morgan fingerprint density at radius 3 is 2.20 bits per heavy atom. The van der Waals surface area contributed by atoms with Gasteiger partial charge in [0.05, 0.1) is 11.5 Å². The van der Waals surface area contributed by atoms with Crippen LogP contribution in [-0.4, -0.2) is 10.0 Å². The van der Waals surface area contributed by atoms with Crippen LogP contribution in [0.15, 0.2) is 36.4 Å². The van der Waals surface area contributed by atoms with Crippen molar-refractivity contribution in [1.82, 2.24) is 0 Å². The van der Waals surface area contributed by atoms with E-state index in [0.717, 1.165) is 0 Å². The van der Waals surface area contributed by atoms with Gasteiger partial charge in [-0.2, -0.15) is 0 Å². The van der Waals surface area contributed by atoms with Crippen LogP contribution in [0, 0.1) is 10.1 Å². The molecule has 20 heavy (non-hydrogen) atoms. The minimum atomic E-state index is -0.570. The van der Waals surface area contributed by atoms with E-state index in [2.05, 4.69) is 0 Å². The predicted octanol–water partition coefficient (Wildman–Crippen LogP) is 4.19. The Morgan fingerprint density at radius 1 is 1.10 bits per heavy atom. The Bertz CT molecular complexity index is 661. The van der Waals surface area contributed by atoms with Crippen LogP contribution in [0.1, 0.15) is 5.56 Å². The molecule has 0 saturated heterocycles. The predicted molar refractivity (Wildman–Crippen MR) is 75.6 cm³/mol. The summed E-state index contributed by atoms with van der Waals surface area (Å²) in [6.07, 6.45) is 0. The van der Waals surface area contributed by atoms with Crippen molar-refractivity contribution in [3.63, 3.8) is 0 Å². The number of aliphatic hydroxyl groups excluding tert-OH is 1. The van der Waals surface area contributed by atoms with E-state index in [1.165, 1.54) is 18.2 Å². The minimum Gasteiger partial charge on any atom is -0.457 e. The number of hydrogen-bond acceptors (Lipinski definition) is 4. The van der Waals surface area contributed by atoms with Crippen LogP contribution >= 0.6 is 23.2 Å². The summed E-state index contributed by atoms with van der Waals surface area (Å²) in [5.41, 5.74) is 0.397. The standard InChI is InChI=1S/C13H9Cl2NO4/c14-11-5-9(2-1-8(11)7-17)20-10-3-4-13(16(18)19)12(15)6-10/h1-6,17H,7H2. The molecule has 2 aromatic rings. The SMILES string of the molecule is O=[N+]([O-])c1ccc(Oc2ccc(CO)c(Cl)c2)cc1Cl. The number of rotatable bonds is 4. The highest BCUT2D eigenvalue weighted by Crippen LogP contribution is 2.32. The Hall–Kier alpha value is -1.82. The third-order valence-corrected chi connectivity index (χ3v) is 3.20. The Balaban J connectivity index is 2.24. The summed E-state index contributed by atoms with van der Waals surface area (Å²) in [4.78, 5) is 10.1. The van der Waals surface area contributed by atoms with E-state index in [0.29, 0.717) is 22.1 Å². The molecule has 0 aromatic heterocycles. The number of halogens is 2. The zero-order valence-corrected chi connectivity index (χ0v) is 11.6. The van der Waals surface area contributed by atoms with Gasteiger partial charge < -0.3 is 9.84 Å². The van der Waals surface area contributed by atoms with E-state index in [-0.39, 0.29) is 17.3 Å². The van der Waals surface area contributed by atoms with Crippen molar-refractivity contribution < 1.29 is 14.8 Å². The summed E-state index contributed by atoms with van der Waals surface area (Å²) in [5.74, 6) is 0.797. The van der Waals surface area contributed by atoms with Gasteiger partial charge in [-0.25, -0.2) is 0 Å². The lowest BCUT2D eigenvalue weighted by Crippen LogP contribution is -1.91. The van der Waals surface area contributed by atoms with Crippen LogP contribution in [-0.2, 0) is 6.61 Å². The van der Waals surface area contributed by atoms with Gasteiger partial charge in [-0.15, -0.1) is 0 Å². The molecule has 0 unspecified atom stereocenters. The van der Waals surface area contributed by atoms with Crippen molar-refractivity contribution in [3.05, 3.63) is 62.1 Å². The minimum absolute atomic E-state index is 0.00873. The fourth-order valence-corrected chi connectivity index (χ4v) is 2.02. The van der Waals surface area contributed by atoms with E-state index in [4.69, 9.17) is 33.0 Å². The average Bonchev–Trinajstić information content (AvgIpc) is 2.38. The van der Waals surface area contributed by atoms with Crippen LogP contribution < -0.4 is 4.74 Å². The summed E-state index contributed by atoms with van der Waals surface area (Å²) >= 11 is 11.7. The smallest absolute Gasteiger partial charge is 0.288 e. The van der Waals surface area contributed by atoms with Gasteiger partial charge in [0.2, 0.25) is 0 Å². The zero-order valence-electron chi connectivity index (χ0n) is 10.0. The summed E-state index contributed by atoms with van der Waals surface area (Å²) < 4.78 is 5.50. The second-order valence-corrected chi connectivity index (χ2v) is 4.70. The molecule has 0 aliphatic carbocycles. The lowest BCUT2D eigenvalue weighted by molar-refractivity contribution is -0.384. The Labute approximate surface area is 124 Å². The van der Waals surface area contributed by atoms with E-state index in [9.17, 15) is 10.1 Å². The van der Waals surface area contributed by atoms with Gasteiger partial charge in [-0.1, -0.05) is 29.3 Å². The molecule has 0 amide bonds. The number of nitro groups is 1. The number of benzene rings is 2. The van der Waals surface area contributed by atoms with Crippen LogP contribution in [0.25, 0.3) is 0 Å². The molecule has 0 atom stereocenters. The van der Waals surface area contributed by atoms with Crippen molar-refractivity contribution in [2.45, 2.75) is 6.61 Å². The largest absolute Gasteiger partial charge is 0.457 e. The van der Waals surface area contributed by atoms with E-state index in [1.54, 1.807) is 18.2 Å². The molecule has 0 radical (unpaired) electrons. The third kappa shape index (κ3) is 3.19. The first-order valence-electron chi connectivity index (χ1n) is 5.52. The summed E-state index contributed by atoms with van der Waals surface area (Å²) in [6.45, 7) is -0.164. The molecule has 0 heterocycles. The number of hydrogen-bond donors (Lipinski definition) is 1. The molecule has 2 aromatic carbocycles. The molecule has 0 spiro atoms. The van der Waals surface area contributed by atoms with Gasteiger partial charge in [-0.3, -0.25) is 10.1 Å². The van der Waals surface area contributed by atoms with Crippen LogP contribution in [0.3, 0.4) is 0 Å². The van der Waals surface area contributed by atoms with E-state index < -0.39 is 4.92 Å². The number of nitrogens with zero attached hydrogens (tertiary/aromatic N) is 1. The number of aliphatic hydroxyl groups is 1. The molecule has 1 N–H and O–H groups in total. The molecule has 0 aliphatic rings. The maximum Gasteiger partial charge on any atom is 0.288 e. The first-order valence-corrected chi connectivity index (χ1v) is 6.28. The fraction of sp³-hybridized carbons (Fsp3) is 0.0769. The lowest BCUT2D eigenvalue weighted by Gasteiger charge is -2.08. The highest BCUT2D eigenvalue weighted by molar-refractivity contribution is 6.32. The third-order valence-electron chi connectivity index (χ3n) is 2.55. The summed E-state index contributed by atoms with van der Waals surface area (Å²) in [5, 5.41) is 20.0. The molecule has 0 fully saturated rings. The lowest BCUT2D eigenvalue weighted by atomic mass is 10.2. The van der Waals surface area contributed by atoms with Gasteiger partial charge in [-0.05, 0) is 23.8 Å². The molecule has 0 saturated carbocycles. The second kappa shape index (κ2) is 6.09. The molecule has 104 valence electrons. The zero-order chi connectivity index (χ0) is 14.7. The van der Waals surface area contributed by atoms with Gasteiger partial charge in [0.25, 0.3) is 5.69 Å². The molecule has 5 nitrogen and oxygen atoms in total. The van der Waals surface area contributed by atoms with Crippen molar-refractivity contribution in [2.75, 3.05) is 0 Å². The molecular weight excluding hydrogens is 305 g/mol. The highest BCUT2D eigenvalue weighted by Gasteiger charge is 2.13. The van der Waals surface area contributed by atoms with E-state index in [1.807, 2.05) is 0 Å². The van der Waals surface area contributed by atoms with Crippen LogP contribution in [0.4, 0.5) is 5.69 Å². The van der Waals surface area contributed by atoms with Crippen LogP contribution in [0.2, 0.25) is 10.0 Å². The number of ether oxygens (including phenoxy) is 1. The van der Waals surface area contributed by atoms with Gasteiger partial charge >= 0.3 is 0 Å². The maximum absolute atomic E-state index is 10.6. The van der Waals surface area contributed by atoms with Crippen molar-refractivity contribution in [1.29, 1.82) is 0 Å². The maximum atomic E-state index is 10.6. The van der Waals surface area contributed by atoms with Crippen LogP contribution in [0.5, 0.6) is 11.5 Å². The van der Waals surface area contributed by atoms with Crippen molar-refractivity contribution in [2.24, 2.45) is 0 Å². The molecule has 2 rings (SSSR count). The first-order chi connectivity index (χ1) is 9.51. The van der Waals surface area contributed by atoms with Gasteiger partial charge in [0, 0.05) is 17.2 Å². The summed E-state index contributed by atoms with van der Waals surface area (Å²) in [7, 11) is 0. The van der Waals surface area contributed by atoms with Crippen molar-refractivity contribution >= 4 is 28.9 Å².